The molecule has 3 N–H and O–H groups in total. The first-order chi connectivity index (χ1) is 10.2. The average Bonchev–Trinajstić information content (AvgIpc) is 3.07. The first kappa shape index (κ1) is 14.4. The summed E-state index contributed by atoms with van der Waals surface area (Å²) in [7, 11) is 0. The third-order valence-electron chi connectivity index (χ3n) is 3.00. The van der Waals surface area contributed by atoms with Crippen LogP contribution in [0.15, 0.2) is 28.7 Å². The van der Waals surface area contributed by atoms with E-state index in [1.807, 2.05) is 31.2 Å². The van der Waals surface area contributed by atoms with Crippen molar-refractivity contribution in [1.82, 2.24) is 20.2 Å². The molecule has 0 unspecified atom stereocenters. The van der Waals surface area contributed by atoms with E-state index in [2.05, 4.69) is 36.1 Å². The van der Waals surface area contributed by atoms with Gasteiger partial charge in [0.25, 0.3) is 0 Å². The quantitative estimate of drug-likeness (QED) is 0.745. The number of halogens is 1. The standard InChI is InChI=1S/C14H14BrN5S/c1-8-12(21-11(17-8)6-7-16)14-18-13(19-20-14)9-2-4-10(15)5-3-9/h2-5H,6-7,16H2,1H3,(H,18,19,20). The Kier molecular flexibility index (Phi) is 4.14. The maximum Gasteiger partial charge on any atom is 0.181 e. The van der Waals surface area contributed by atoms with E-state index in [9.17, 15) is 0 Å². The lowest BCUT2D eigenvalue weighted by Crippen LogP contribution is -2.01. The van der Waals surface area contributed by atoms with Gasteiger partial charge in [-0.3, -0.25) is 5.10 Å². The van der Waals surface area contributed by atoms with Crippen LogP contribution in [0.4, 0.5) is 0 Å². The molecular formula is C14H14BrN5S. The third kappa shape index (κ3) is 3.04. The van der Waals surface area contributed by atoms with Gasteiger partial charge in [-0.15, -0.1) is 11.3 Å². The van der Waals surface area contributed by atoms with E-state index < -0.39 is 0 Å². The summed E-state index contributed by atoms with van der Waals surface area (Å²) < 4.78 is 1.03. The van der Waals surface area contributed by atoms with E-state index in [0.29, 0.717) is 12.4 Å². The Morgan fingerprint density at radius 1 is 1.24 bits per heavy atom. The number of aromatic amines is 1. The van der Waals surface area contributed by atoms with Gasteiger partial charge in [-0.1, -0.05) is 28.1 Å². The summed E-state index contributed by atoms with van der Waals surface area (Å²) in [6, 6.07) is 7.91. The zero-order valence-electron chi connectivity index (χ0n) is 11.4. The highest BCUT2D eigenvalue weighted by Gasteiger charge is 2.14. The molecule has 3 rings (SSSR count). The molecule has 5 nitrogen and oxygen atoms in total. The van der Waals surface area contributed by atoms with Crippen molar-refractivity contribution in [2.24, 2.45) is 5.73 Å². The Morgan fingerprint density at radius 3 is 2.71 bits per heavy atom. The van der Waals surface area contributed by atoms with Crippen molar-refractivity contribution >= 4 is 27.3 Å². The Bertz CT molecular complexity index is 747. The normalized spacial score (nSPS) is 11.0. The van der Waals surface area contributed by atoms with Crippen molar-refractivity contribution < 1.29 is 0 Å². The smallest absolute Gasteiger partial charge is 0.181 e. The van der Waals surface area contributed by atoms with E-state index in [1.165, 1.54) is 0 Å². The summed E-state index contributed by atoms with van der Waals surface area (Å²) in [6.07, 6.45) is 0.791. The molecule has 2 aromatic heterocycles. The minimum absolute atomic E-state index is 0.604. The van der Waals surface area contributed by atoms with Crippen molar-refractivity contribution in [3.05, 3.63) is 39.4 Å². The van der Waals surface area contributed by atoms with E-state index >= 15 is 0 Å². The number of aromatic nitrogens is 4. The molecule has 0 aliphatic carbocycles. The number of nitrogens with two attached hydrogens (primary N) is 1. The number of aryl methyl sites for hydroxylation is 1. The van der Waals surface area contributed by atoms with Crippen LogP contribution in [0.2, 0.25) is 0 Å². The summed E-state index contributed by atoms with van der Waals surface area (Å²) in [4.78, 5) is 10.1. The zero-order chi connectivity index (χ0) is 14.8. The molecule has 0 radical (unpaired) electrons. The molecule has 0 aliphatic rings. The molecule has 1 aromatic carbocycles. The van der Waals surface area contributed by atoms with Crippen molar-refractivity contribution in [3.8, 4) is 22.1 Å². The van der Waals surface area contributed by atoms with Crippen LogP contribution in [0.1, 0.15) is 10.7 Å². The summed E-state index contributed by atoms with van der Waals surface area (Å²) in [5.41, 5.74) is 7.51. The first-order valence-corrected chi connectivity index (χ1v) is 8.13. The van der Waals surface area contributed by atoms with Crippen LogP contribution in [0.3, 0.4) is 0 Å². The number of benzene rings is 1. The van der Waals surface area contributed by atoms with Gasteiger partial charge in [0.2, 0.25) is 0 Å². The fourth-order valence-electron chi connectivity index (χ4n) is 1.99. The van der Waals surface area contributed by atoms with E-state index in [4.69, 9.17) is 5.73 Å². The van der Waals surface area contributed by atoms with E-state index in [1.54, 1.807) is 11.3 Å². The molecule has 0 bridgehead atoms. The minimum Gasteiger partial charge on any atom is -0.330 e. The van der Waals surface area contributed by atoms with Crippen LogP contribution in [-0.2, 0) is 6.42 Å². The van der Waals surface area contributed by atoms with Gasteiger partial charge in [-0.25, -0.2) is 9.97 Å². The molecule has 0 saturated carbocycles. The number of hydrogen-bond donors (Lipinski definition) is 2. The summed E-state index contributed by atoms with van der Waals surface area (Å²) in [6.45, 7) is 2.58. The fraction of sp³-hybridized carbons (Fsp3) is 0.214. The van der Waals surface area contributed by atoms with Gasteiger partial charge in [0.1, 0.15) is 0 Å². The maximum atomic E-state index is 5.58. The van der Waals surface area contributed by atoms with Crippen LogP contribution in [0.25, 0.3) is 22.1 Å². The van der Waals surface area contributed by atoms with Crippen molar-refractivity contribution in [2.45, 2.75) is 13.3 Å². The Hall–Kier alpha value is -1.57. The average molecular weight is 364 g/mol. The maximum absolute atomic E-state index is 5.58. The van der Waals surface area contributed by atoms with Crippen LogP contribution in [-0.4, -0.2) is 26.7 Å². The lowest BCUT2D eigenvalue weighted by Gasteiger charge is -1.94. The topological polar surface area (TPSA) is 80.5 Å². The minimum atomic E-state index is 0.604. The van der Waals surface area contributed by atoms with Gasteiger partial charge in [0, 0.05) is 16.5 Å². The third-order valence-corrected chi connectivity index (χ3v) is 4.75. The second kappa shape index (κ2) is 6.05. The summed E-state index contributed by atoms with van der Waals surface area (Å²) >= 11 is 5.04. The number of hydrogen-bond acceptors (Lipinski definition) is 5. The molecule has 0 atom stereocenters. The van der Waals surface area contributed by atoms with E-state index in [0.717, 1.165) is 37.9 Å². The lowest BCUT2D eigenvalue weighted by molar-refractivity contribution is 0.945. The second-order valence-electron chi connectivity index (χ2n) is 4.58. The summed E-state index contributed by atoms with van der Waals surface area (Å²) in [5, 5.41) is 8.32. The number of H-pyrrole nitrogens is 1. The highest BCUT2D eigenvalue weighted by molar-refractivity contribution is 9.10. The van der Waals surface area contributed by atoms with Gasteiger partial charge in [-0.05, 0) is 25.6 Å². The number of thiazole rings is 1. The summed E-state index contributed by atoms with van der Waals surface area (Å²) in [5.74, 6) is 1.44. The van der Waals surface area contributed by atoms with Gasteiger partial charge in [-0.2, -0.15) is 5.10 Å². The van der Waals surface area contributed by atoms with E-state index in [-0.39, 0.29) is 0 Å². The molecule has 3 aromatic rings. The molecule has 2 heterocycles. The number of rotatable bonds is 4. The fourth-order valence-corrected chi connectivity index (χ4v) is 3.28. The largest absolute Gasteiger partial charge is 0.330 e. The Labute approximate surface area is 134 Å². The predicted octanol–water partition coefficient (Wildman–Crippen LogP) is 3.17. The first-order valence-electron chi connectivity index (χ1n) is 6.52. The van der Waals surface area contributed by atoms with Crippen molar-refractivity contribution in [3.63, 3.8) is 0 Å². The van der Waals surface area contributed by atoms with Crippen molar-refractivity contribution in [2.75, 3.05) is 6.54 Å². The predicted molar refractivity (Wildman–Crippen MR) is 88.1 cm³/mol. The second-order valence-corrected chi connectivity index (χ2v) is 6.57. The van der Waals surface area contributed by atoms with Crippen LogP contribution < -0.4 is 5.73 Å². The SMILES string of the molecule is Cc1nc(CCN)sc1-c1nc(-c2ccc(Br)cc2)n[nH]1. The molecule has 0 aliphatic heterocycles. The molecule has 0 spiro atoms. The number of nitrogens with one attached hydrogen (secondary N) is 1. The highest BCUT2D eigenvalue weighted by Crippen LogP contribution is 2.29. The van der Waals surface area contributed by atoms with Gasteiger partial charge < -0.3 is 5.73 Å². The number of nitrogens with zero attached hydrogens (tertiary/aromatic N) is 3. The molecule has 21 heavy (non-hydrogen) atoms. The Morgan fingerprint density at radius 2 is 2.00 bits per heavy atom. The van der Waals surface area contributed by atoms with Crippen LogP contribution >= 0.6 is 27.3 Å². The molecule has 0 saturated heterocycles. The van der Waals surface area contributed by atoms with Gasteiger partial charge in [0.15, 0.2) is 11.6 Å². The van der Waals surface area contributed by atoms with Gasteiger partial charge >= 0.3 is 0 Å². The molecule has 0 fully saturated rings. The molecule has 108 valence electrons. The molecular weight excluding hydrogens is 350 g/mol. The zero-order valence-corrected chi connectivity index (χ0v) is 13.8. The van der Waals surface area contributed by atoms with Gasteiger partial charge in [0.05, 0.1) is 15.6 Å². The Balaban J connectivity index is 1.92. The van der Waals surface area contributed by atoms with Crippen molar-refractivity contribution in [1.29, 1.82) is 0 Å². The molecule has 0 amide bonds. The monoisotopic (exact) mass is 363 g/mol. The van der Waals surface area contributed by atoms with Crippen LogP contribution in [0, 0.1) is 6.92 Å². The lowest BCUT2D eigenvalue weighted by atomic mass is 10.2. The molecule has 7 heteroatoms. The van der Waals surface area contributed by atoms with Crippen LogP contribution in [0.5, 0.6) is 0 Å². The highest BCUT2D eigenvalue weighted by atomic mass is 79.9.